The quantitative estimate of drug-likeness (QED) is 0.251. The molecule has 33 heavy (non-hydrogen) atoms. The molecule has 2 aromatic rings. The highest BCUT2D eigenvalue weighted by Crippen LogP contribution is 2.66. The first-order valence-electron chi connectivity index (χ1n) is 9.00. The summed E-state index contributed by atoms with van der Waals surface area (Å²) in [4.78, 5) is 48.5. The number of aliphatic hydroxyl groups excluding tert-OH is 2. The van der Waals surface area contributed by atoms with Crippen LogP contribution in [0.5, 0.6) is 0 Å². The van der Waals surface area contributed by atoms with Crippen molar-refractivity contribution >= 4 is 34.2 Å². The molecule has 18 heteroatoms. The molecule has 0 saturated carbocycles. The van der Waals surface area contributed by atoms with Crippen LogP contribution in [0.1, 0.15) is 11.8 Å². The number of hydrogen-bond donors (Lipinski definition) is 6. The van der Waals surface area contributed by atoms with Gasteiger partial charge in [0, 0.05) is 11.6 Å². The number of pyridine rings is 1. The van der Waals surface area contributed by atoms with Gasteiger partial charge in [0.25, 0.3) is 5.56 Å². The van der Waals surface area contributed by atoms with Crippen LogP contribution in [0, 0.1) is 6.92 Å². The van der Waals surface area contributed by atoms with Crippen molar-refractivity contribution in [3.05, 3.63) is 46.4 Å². The summed E-state index contributed by atoms with van der Waals surface area (Å²) < 4.78 is 51.8. The van der Waals surface area contributed by atoms with Gasteiger partial charge in [-0.1, -0.05) is 17.7 Å². The zero-order valence-corrected chi connectivity index (χ0v) is 19.3. The maximum Gasteiger partial charge on any atom is 0.490 e. The van der Waals surface area contributed by atoms with E-state index in [0.29, 0.717) is 10.8 Å². The topological polar surface area (TPSA) is 232 Å². The van der Waals surface area contributed by atoms with E-state index >= 15 is 0 Å². The Kier molecular flexibility index (Phi) is 7.50. The second kappa shape index (κ2) is 9.40. The largest absolute Gasteiger partial charge is 0.490 e. The second-order valence-electron chi connectivity index (χ2n) is 7.05. The van der Waals surface area contributed by atoms with Gasteiger partial charge in [0.15, 0.2) is 6.23 Å². The number of hydrogen-bond acceptors (Lipinski definition) is 10. The predicted molar refractivity (Wildman–Crippen MR) is 109 cm³/mol. The highest BCUT2D eigenvalue weighted by Gasteiger charge is 2.46. The van der Waals surface area contributed by atoms with Crippen LogP contribution in [0.25, 0.3) is 10.8 Å². The zero-order valence-electron chi connectivity index (χ0n) is 16.6. The molecule has 1 aliphatic rings. The molecule has 2 unspecified atom stereocenters. The maximum absolute atomic E-state index is 12.8. The van der Waals surface area contributed by atoms with E-state index in [-0.39, 0.29) is 0 Å². The molecular formula is C15H20NO14P3. The Morgan fingerprint density at radius 1 is 1.00 bits per heavy atom. The number of fused-ring (bicyclic) bond motifs is 1. The Labute approximate surface area is 185 Å². The Balaban J connectivity index is 1.73. The van der Waals surface area contributed by atoms with Gasteiger partial charge in [-0.3, -0.25) is 13.9 Å². The van der Waals surface area contributed by atoms with Crippen LogP contribution in [0.15, 0.2) is 35.3 Å². The third-order valence-electron chi connectivity index (χ3n) is 4.52. The molecule has 1 aromatic carbocycles. The molecule has 15 nitrogen and oxygen atoms in total. The van der Waals surface area contributed by atoms with Crippen molar-refractivity contribution in [2.24, 2.45) is 0 Å². The Morgan fingerprint density at radius 2 is 1.67 bits per heavy atom. The van der Waals surface area contributed by atoms with E-state index in [2.05, 4.69) is 13.1 Å². The minimum absolute atomic E-state index is 0.310. The van der Waals surface area contributed by atoms with Gasteiger partial charge >= 0.3 is 23.5 Å². The first-order valence-corrected chi connectivity index (χ1v) is 13.5. The van der Waals surface area contributed by atoms with Crippen LogP contribution in [0.3, 0.4) is 0 Å². The van der Waals surface area contributed by atoms with Gasteiger partial charge in [-0.25, -0.2) is 13.7 Å². The smallest absolute Gasteiger partial charge is 0.387 e. The van der Waals surface area contributed by atoms with E-state index in [9.17, 15) is 33.6 Å². The van der Waals surface area contributed by atoms with Crippen LogP contribution in [0.2, 0.25) is 0 Å². The van der Waals surface area contributed by atoms with Crippen LogP contribution >= 0.6 is 23.5 Å². The predicted octanol–water partition coefficient (Wildman–Crippen LogP) is 0.272. The van der Waals surface area contributed by atoms with Gasteiger partial charge in [-0.05, 0) is 24.4 Å². The number of aromatic nitrogens is 1. The first kappa shape index (κ1) is 26.3. The number of phosphoric ester groups is 1. The fourth-order valence-corrected chi connectivity index (χ4v) is 6.18. The lowest BCUT2D eigenvalue weighted by molar-refractivity contribution is -0.0533. The van der Waals surface area contributed by atoms with Crippen molar-refractivity contribution in [1.29, 1.82) is 0 Å². The van der Waals surface area contributed by atoms with Crippen molar-refractivity contribution < 1.29 is 61.4 Å². The van der Waals surface area contributed by atoms with Crippen molar-refractivity contribution in [2.45, 2.75) is 31.5 Å². The van der Waals surface area contributed by atoms with Crippen molar-refractivity contribution in [1.82, 2.24) is 4.57 Å². The van der Waals surface area contributed by atoms with E-state index in [1.807, 2.05) is 6.92 Å². The lowest BCUT2D eigenvalue weighted by Crippen LogP contribution is -2.35. The Bertz CT molecular complexity index is 1240. The number of benzene rings is 1. The number of ether oxygens (including phenoxy) is 1. The summed E-state index contributed by atoms with van der Waals surface area (Å²) in [5.41, 5.74) is 0.371. The van der Waals surface area contributed by atoms with Crippen molar-refractivity contribution in [3.8, 4) is 0 Å². The fraction of sp³-hybridized carbons (Fsp3) is 0.400. The number of aliphatic hydroxyl groups is 2. The van der Waals surface area contributed by atoms with Crippen LogP contribution in [-0.4, -0.2) is 59.3 Å². The normalized spacial score (nSPS) is 27.4. The summed E-state index contributed by atoms with van der Waals surface area (Å²) in [5, 5.41) is 21.5. The number of rotatable bonds is 8. The monoisotopic (exact) mass is 531 g/mol. The molecule has 1 saturated heterocycles. The third-order valence-corrected chi connectivity index (χ3v) is 8.32. The van der Waals surface area contributed by atoms with Gasteiger partial charge in [-0.2, -0.15) is 8.62 Å². The molecule has 0 spiro atoms. The lowest BCUT2D eigenvalue weighted by Gasteiger charge is -2.19. The zero-order chi connectivity index (χ0) is 24.8. The van der Waals surface area contributed by atoms with Gasteiger partial charge < -0.3 is 34.5 Å². The first-order chi connectivity index (χ1) is 15.1. The van der Waals surface area contributed by atoms with Gasteiger partial charge in [-0.15, -0.1) is 0 Å². The highest BCUT2D eigenvalue weighted by molar-refractivity contribution is 7.66. The van der Waals surface area contributed by atoms with Crippen molar-refractivity contribution in [2.75, 3.05) is 6.61 Å². The summed E-state index contributed by atoms with van der Waals surface area (Å²) in [7, 11) is -16.7. The summed E-state index contributed by atoms with van der Waals surface area (Å²) in [6, 6.07) is 6.65. The van der Waals surface area contributed by atoms with E-state index < -0.39 is 60.2 Å². The molecule has 0 radical (unpaired) electrons. The summed E-state index contributed by atoms with van der Waals surface area (Å²) >= 11 is 0. The van der Waals surface area contributed by atoms with E-state index in [4.69, 9.17) is 19.4 Å². The summed E-state index contributed by atoms with van der Waals surface area (Å²) in [5.74, 6) is 0. The number of aryl methyl sites for hydroxylation is 1. The van der Waals surface area contributed by atoms with Gasteiger partial charge in [0.2, 0.25) is 0 Å². The molecular weight excluding hydrogens is 511 g/mol. The minimum atomic E-state index is -5.72. The molecule has 1 aliphatic heterocycles. The highest BCUT2D eigenvalue weighted by atomic mass is 31.3. The molecule has 0 bridgehead atoms. The molecule has 1 fully saturated rings. The molecule has 2 heterocycles. The van der Waals surface area contributed by atoms with Crippen LogP contribution < -0.4 is 5.56 Å². The molecule has 0 amide bonds. The van der Waals surface area contributed by atoms with Crippen molar-refractivity contribution in [3.63, 3.8) is 0 Å². The van der Waals surface area contributed by atoms with Crippen LogP contribution in [0.4, 0.5) is 0 Å². The Hall–Kier alpha value is -1.28. The van der Waals surface area contributed by atoms with E-state index in [0.717, 1.165) is 10.1 Å². The van der Waals surface area contributed by atoms with E-state index in [1.54, 1.807) is 24.3 Å². The molecule has 6 N–H and O–H groups in total. The summed E-state index contributed by atoms with van der Waals surface area (Å²) in [6.07, 6.45) is -4.97. The Morgan fingerprint density at radius 3 is 2.30 bits per heavy atom. The maximum atomic E-state index is 12.8. The fourth-order valence-electron chi connectivity index (χ4n) is 3.15. The molecule has 3 rings (SSSR count). The summed E-state index contributed by atoms with van der Waals surface area (Å²) in [6.45, 7) is 0.854. The molecule has 1 aromatic heterocycles. The minimum Gasteiger partial charge on any atom is -0.387 e. The standard InChI is InChI=1S/C15H20NO14P3/c1-8-2-3-10-9(6-8)4-5-16(14(10)19)15-13(18)12(17)11(28-15)7-27-32(23,24)30-33(25,26)29-31(20,21)22/h2-6,11-13,15,17-18H,7H2,1H3,(H,23,24)(H,25,26)(H2,20,21,22)/t11-,12-,13-,15-/m1/s1. The van der Waals surface area contributed by atoms with Gasteiger partial charge in [0.05, 0.1) is 6.61 Å². The van der Waals surface area contributed by atoms with Crippen LogP contribution in [-0.2, 0) is 31.6 Å². The number of phosphoric acid groups is 3. The van der Waals surface area contributed by atoms with E-state index in [1.165, 1.54) is 6.20 Å². The molecule has 6 atom stereocenters. The molecule has 184 valence electrons. The lowest BCUT2D eigenvalue weighted by atomic mass is 10.1. The molecule has 0 aliphatic carbocycles. The third kappa shape index (κ3) is 6.44. The second-order valence-corrected chi connectivity index (χ2v) is 11.5. The SMILES string of the molecule is Cc1ccc2c(=O)n([C@@H]3O[C@H](COP(=O)(O)OP(=O)(O)OP(=O)(O)O)[C@@H](O)[C@H]3O)ccc2c1. The van der Waals surface area contributed by atoms with Gasteiger partial charge in [0.1, 0.15) is 18.3 Å². The number of nitrogens with zero attached hydrogens (tertiary/aromatic N) is 1. The average molecular weight is 531 g/mol. The average Bonchev–Trinajstić information content (AvgIpc) is 2.92.